The Balaban J connectivity index is 1.22. The highest BCUT2D eigenvalue weighted by Gasteiger charge is 2.41. The van der Waals surface area contributed by atoms with Crippen LogP contribution in [-0.4, -0.2) is 78.7 Å². The number of anilines is 1. The van der Waals surface area contributed by atoms with Gasteiger partial charge >= 0.3 is 13.0 Å². The Hall–Kier alpha value is -4.07. The van der Waals surface area contributed by atoms with Crippen LogP contribution in [0.25, 0.3) is 10.3 Å². The van der Waals surface area contributed by atoms with E-state index in [0.29, 0.717) is 27.2 Å². The van der Waals surface area contributed by atoms with Gasteiger partial charge in [0.25, 0.3) is 0 Å². The standard InChI is InChI=1S/C29H26F6N6O5S2/c30-21-11-19(45-27(31)32)4-3-17(21)12-36-13-23(42)22-15-40(28-39-26-24(47-28)14-37-25(38-26)16-1-2-16)9-10-41(22)48(43,44)20-7-5-18(6-8-20)46-29(33,34)35/h3-8,11,14,16,22,27,36H,1-2,9-10,12-13,15H2/t22-/m1/s1. The zero-order valence-corrected chi connectivity index (χ0v) is 26.3. The van der Waals surface area contributed by atoms with Crippen LogP contribution in [0.5, 0.6) is 11.5 Å². The number of sulfonamides is 1. The van der Waals surface area contributed by atoms with Crippen molar-refractivity contribution in [3.8, 4) is 11.5 Å². The third-order valence-electron chi connectivity index (χ3n) is 7.60. The molecule has 0 radical (unpaired) electrons. The second kappa shape index (κ2) is 13.4. The molecule has 11 nitrogen and oxygen atoms in total. The van der Waals surface area contributed by atoms with Gasteiger partial charge in [0.05, 0.1) is 22.3 Å². The molecule has 3 heterocycles. The molecule has 0 unspecified atom stereocenters. The third-order valence-corrected chi connectivity index (χ3v) is 10.6. The van der Waals surface area contributed by atoms with Crippen LogP contribution in [-0.2, 0) is 21.4 Å². The fraction of sp³-hybridized carbons (Fsp3) is 0.379. The molecule has 1 aliphatic heterocycles. The maximum absolute atomic E-state index is 14.5. The monoisotopic (exact) mass is 716 g/mol. The highest BCUT2D eigenvalue weighted by Crippen LogP contribution is 2.39. The van der Waals surface area contributed by atoms with E-state index < -0.39 is 52.9 Å². The van der Waals surface area contributed by atoms with Crippen LogP contribution in [0.2, 0.25) is 0 Å². The molecule has 0 amide bonds. The molecule has 2 aliphatic rings. The van der Waals surface area contributed by atoms with Crippen LogP contribution in [0.15, 0.2) is 53.6 Å². The molecule has 1 saturated heterocycles. The normalized spacial score (nSPS) is 17.6. The lowest BCUT2D eigenvalue weighted by molar-refractivity contribution is -0.274. The molecule has 256 valence electrons. The summed E-state index contributed by atoms with van der Waals surface area (Å²) in [4.78, 5) is 28.6. The smallest absolute Gasteiger partial charge is 0.435 e. The van der Waals surface area contributed by atoms with Gasteiger partial charge in [-0.2, -0.15) is 18.1 Å². The van der Waals surface area contributed by atoms with Crippen molar-refractivity contribution in [2.24, 2.45) is 0 Å². The highest BCUT2D eigenvalue weighted by molar-refractivity contribution is 7.89. The Morgan fingerprint density at radius 3 is 2.46 bits per heavy atom. The zero-order valence-electron chi connectivity index (χ0n) is 24.7. The van der Waals surface area contributed by atoms with Gasteiger partial charge in [0.2, 0.25) is 10.0 Å². The molecule has 4 aromatic rings. The van der Waals surface area contributed by atoms with Crippen LogP contribution in [0.3, 0.4) is 0 Å². The van der Waals surface area contributed by atoms with Gasteiger partial charge in [0, 0.05) is 43.7 Å². The minimum atomic E-state index is -4.97. The molecule has 2 aromatic heterocycles. The molecular weight excluding hydrogens is 690 g/mol. The molecule has 1 atom stereocenters. The van der Waals surface area contributed by atoms with E-state index in [9.17, 15) is 39.6 Å². The third kappa shape index (κ3) is 7.79. The van der Waals surface area contributed by atoms with E-state index in [4.69, 9.17) is 0 Å². The fourth-order valence-electron chi connectivity index (χ4n) is 5.14. The van der Waals surface area contributed by atoms with Gasteiger partial charge in [-0.15, -0.1) is 13.2 Å². The number of fused-ring (bicyclic) bond motifs is 1. The number of nitrogens with one attached hydrogen (secondary N) is 1. The van der Waals surface area contributed by atoms with E-state index in [2.05, 4.69) is 29.7 Å². The Morgan fingerprint density at radius 1 is 1.06 bits per heavy atom. The number of carbonyl (C=O) groups excluding carboxylic acids is 1. The average Bonchev–Trinajstić information content (AvgIpc) is 3.79. The first-order chi connectivity index (χ1) is 22.8. The number of benzene rings is 2. The number of carbonyl (C=O) groups is 1. The number of Topliss-reactive ketones (excluding diaryl/α,β-unsaturated/α-hetero) is 1. The quantitative estimate of drug-likeness (QED) is 0.204. The lowest BCUT2D eigenvalue weighted by Gasteiger charge is -2.39. The Morgan fingerprint density at radius 2 is 1.79 bits per heavy atom. The summed E-state index contributed by atoms with van der Waals surface area (Å²) in [7, 11) is -4.41. The number of hydrogen-bond acceptors (Lipinski definition) is 11. The number of aromatic nitrogens is 3. The summed E-state index contributed by atoms with van der Waals surface area (Å²) in [6.07, 6.45) is -1.29. The number of ketones is 1. The molecule has 1 N–H and O–H groups in total. The van der Waals surface area contributed by atoms with Crippen molar-refractivity contribution in [2.45, 2.75) is 49.2 Å². The lowest BCUT2D eigenvalue weighted by Crippen LogP contribution is -2.59. The molecule has 48 heavy (non-hydrogen) atoms. The maximum atomic E-state index is 14.5. The summed E-state index contributed by atoms with van der Waals surface area (Å²) in [6.45, 7) is -3.90. The van der Waals surface area contributed by atoms with Crippen molar-refractivity contribution in [1.29, 1.82) is 0 Å². The summed E-state index contributed by atoms with van der Waals surface area (Å²) in [5.74, 6) is -1.44. The minimum Gasteiger partial charge on any atom is -0.435 e. The molecular formula is C29H26F6N6O5S2. The van der Waals surface area contributed by atoms with Crippen LogP contribution in [0.4, 0.5) is 31.5 Å². The number of nitrogens with zero attached hydrogens (tertiary/aromatic N) is 5. The van der Waals surface area contributed by atoms with Crippen LogP contribution < -0.4 is 19.7 Å². The molecule has 6 rings (SSSR count). The number of thiazole rings is 1. The molecule has 1 saturated carbocycles. The van der Waals surface area contributed by atoms with Crippen LogP contribution >= 0.6 is 11.3 Å². The fourth-order valence-corrected chi connectivity index (χ4v) is 7.64. The Bertz CT molecular complexity index is 1910. The summed E-state index contributed by atoms with van der Waals surface area (Å²) in [5, 5.41) is 3.26. The summed E-state index contributed by atoms with van der Waals surface area (Å²) in [6, 6.07) is 5.47. The Kier molecular flexibility index (Phi) is 9.47. The van der Waals surface area contributed by atoms with Crippen molar-refractivity contribution in [3.63, 3.8) is 0 Å². The van der Waals surface area contributed by atoms with Crippen molar-refractivity contribution >= 4 is 42.6 Å². The molecule has 2 aromatic carbocycles. The van der Waals surface area contributed by atoms with Gasteiger partial charge in [0.15, 0.2) is 16.6 Å². The Labute approximate surface area is 273 Å². The number of hydrogen-bond donors (Lipinski definition) is 1. The zero-order chi connectivity index (χ0) is 34.2. The minimum absolute atomic E-state index is 0.0430. The number of alkyl halides is 5. The number of rotatable bonds is 12. The second-order valence-corrected chi connectivity index (χ2v) is 13.9. The lowest BCUT2D eigenvalue weighted by atomic mass is 10.1. The van der Waals surface area contributed by atoms with Crippen molar-refractivity contribution in [1.82, 2.24) is 24.6 Å². The van der Waals surface area contributed by atoms with Gasteiger partial charge in [-0.1, -0.05) is 17.4 Å². The van der Waals surface area contributed by atoms with E-state index in [1.807, 2.05) is 0 Å². The van der Waals surface area contributed by atoms with Gasteiger partial charge in [0.1, 0.15) is 29.2 Å². The number of halogens is 6. The largest absolute Gasteiger partial charge is 0.573 e. The van der Waals surface area contributed by atoms with Gasteiger partial charge in [-0.25, -0.2) is 22.8 Å². The molecule has 19 heteroatoms. The SMILES string of the molecule is O=C(CNCc1ccc(OC(F)F)cc1F)[C@H]1CN(c2nc3nc(C4CC4)ncc3s2)CCN1S(=O)(=O)c1ccc(OC(F)(F)F)cc1. The van der Waals surface area contributed by atoms with E-state index in [-0.39, 0.29) is 42.4 Å². The first-order valence-corrected chi connectivity index (χ1v) is 16.8. The van der Waals surface area contributed by atoms with E-state index in [1.165, 1.54) is 17.4 Å². The van der Waals surface area contributed by atoms with E-state index >= 15 is 0 Å². The molecule has 0 spiro atoms. The molecule has 0 bridgehead atoms. The van der Waals surface area contributed by atoms with Gasteiger partial charge in [-0.3, -0.25) is 4.79 Å². The average molecular weight is 717 g/mol. The van der Waals surface area contributed by atoms with Crippen molar-refractivity contribution < 1.29 is 49.0 Å². The van der Waals surface area contributed by atoms with Crippen molar-refractivity contribution in [2.75, 3.05) is 31.1 Å². The number of ether oxygens (including phenoxy) is 2. The van der Waals surface area contributed by atoms with E-state index in [1.54, 1.807) is 11.1 Å². The van der Waals surface area contributed by atoms with Gasteiger partial charge in [-0.05, 0) is 43.2 Å². The van der Waals surface area contributed by atoms with Crippen molar-refractivity contribution in [3.05, 3.63) is 65.9 Å². The van der Waals surface area contributed by atoms with Crippen LogP contribution in [0, 0.1) is 5.82 Å². The molecule has 1 aliphatic carbocycles. The summed E-state index contributed by atoms with van der Waals surface area (Å²) >= 11 is 1.28. The second-order valence-electron chi connectivity index (χ2n) is 11.0. The number of piperazine rings is 1. The molecule has 2 fully saturated rings. The predicted molar refractivity (Wildman–Crippen MR) is 160 cm³/mol. The first kappa shape index (κ1) is 33.8. The maximum Gasteiger partial charge on any atom is 0.573 e. The first-order valence-electron chi connectivity index (χ1n) is 14.5. The predicted octanol–water partition coefficient (Wildman–Crippen LogP) is 4.84. The summed E-state index contributed by atoms with van der Waals surface area (Å²) in [5.41, 5.74) is 0.529. The van der Waals surface area contributed by atoms with Gasteiger partial charge < -0.3 is 19.7 Å². The highest BCUT2D eigenvalue weighted by atomic mass is 32.2. The van der Waals surface area contributed by atoms with Crippen LogP contribution in [0.1, 0.15) is 30.1 Å². The summed E-state index contributed by atoms with van der Waals surface area (Å²) < 4.78 is 115. The van der Waals surface area contributed by atoms with E-state index in [0.717, 1.165) is 53.5 Å². The topological polar surface area (TPSA) is 127 Å².